The van der Waals surface area contributed by atoms with Gasteiger partial charge in [-0.3, -0.25) is 4.68 Å². The van der Waals surface area contributed by atoms with E-state index in [4.69, 9.17) is 5.73 Å². The molecule has 2 rings (SSSR count). The summed E-state index contributed by atoms with van der Waals surface area (Å²) in [5.74, 6) is 0. The number of nitrogens with two attached hydrogens (primary N) is 1. The monoisotopic (exact) mass is 353 g/mol. The Bertz CT molecular complexity index is 595. The highest BCUT2D eigenvalue weighted by atomic mass is 79.9. The third kappa shape index (κ3) is 3.87. The summed E-state index contributed by atoms with van der Waals surface area (Å²) in [6.07, 6.45) is 1.89. The molecule has 0 bridgehead atoms. The Hall–Kier alpha value is -0.780. The van der Waals surface area contributed by atoms with E-state index in [1.807, 2.05) is 18.7 Å². The minimum absolute atomic E-state index is 0.205. The summed E-state index contributed by atoms with van der Waals surface area (Å²) in [6.45, 7) is 4.14. The van der Waals surface area contributed by atoms with Gasteiger partial charge in [-0.15, -0.1) is 0 Å². The van der Waals surface area contributed by atoms with Crippen LogP contribution in [0, 0.1) is 6.92 Å². The van der Waals surface area contributed by atoms with Gasteiger partial charge in [0, 0.05) is 22.5 Å². The molecular formula is C15H20BrN3S. The number of aromatic nitrogens is 2. The second kappa shape index (κ2) is 6.78. The maximum atomic E-state index is 6.11. The van der Waals surface area contributed by atoms with Crippen LogP contribution in [0.25, 0.3) is 0 Å². The van der Waals surface area contributed by atoms with Crippen LogP contribution in [0.3, 0.4) is 0 Å². The van der Waals surface area contributed by atoms with Crippen LogP contribution in [0.1, 0.15) is 24.6 Å². The van der Waals surface area contributed by atoms with Crippen LogP contribution < -0.4 is 5.73 Å². The molecule has 0 radical (unpaired) electrons. The van der Waals surface area contributed by atoms with Crippen LogP contribution in [-0.2, 0) is 13.5 Å². The van der Waals surface area contributed by atoms with Gasteiger partial charge in [-0.1, -0.05) is 34.6 Å². The third-order valence-electron chi connectivity index (χ3n) is 3.20. The first-order valence-corrected chi connectivity index (χ1v) is 8.33. The van der Waals surface area contributed by atoms with Crippen molar-refractivity contribution in [3.63, 3.8) is 0 Å². The number of halogens is 1. The second-order valence-corrected chi connectivity index (χ2v) is 6.95. The summed E-state index contributed by atoms with van der Waals surface area (Å²) >= 11 is 5.29. The summed E-state index contributed by atoms with van der Waals surface area (Å²) in [4.78, 5) is 1.25. The van der Waals surface area contributed by atoms with Crippen molar-refractivity contribution in [3.8, 4) is 0 Å². The van der Waals surface area contributed by atoms with E-state index in [1.165, 1.54) is 10.5 Å². The van der Waals surface area contributed by atoms with Gasteiger partial charge in [-0.25, -0.2) is 0 Å². The minimum atomic E-state index is 0.205. The zero-order valence-electron chi connectivity index (χ0n) is 12.1. The molecule has 0 aliphatic rings. The average Bonchev–Trinajstić information content (AvgIpc) is 2.71. The zero-order chi connectivity index (χ0) is 14.7. The SMILES string of the molecule is CCC(N)Cc1cc(Br)ccc1Sc1cc(C)nn1C. The molecule has 0 aliphatic carbocycles. The highest BCUT2D eigenvalue weighted by molar-refractivity contribution is 9.10. The van der Waals surface area contributed by atoms with E-state index in [1.54, 1.807) is 11.8 Å². The predicted octanol–water partition coefficient (Wildman–Crippen LogP) is 3.92. The third-order valence-corrected chi connectivity index (χ3v) is 4.91. The molecule has 0 fully saturated rings. The van der Waals surface area contributed by atoms with Gasteiger partial charge in [0.25, 0.3) is 0 Å². The highest BCUT2D eigenvalue weighted by Gasteiger charge is 2.11. The van der Waals surface area contributed by atoms with Crippen LogP contribution in [0.15, 0.2) is 38.7 Å². The second-order valence-electron chi connectivity index (χ2n) is 4.97. The van der Waals surface area contributed by atoms with Crippen LogP contribution in [-0.4, -0.2) is 15.8 Å². The molecule has 108 valence electrons. The molecule has 1 atom stereocenters. The standard InChI is InChI=1S/C15H20BrN3S/c1-4-13(17)9-11-8-12(16)5-6-14(11)20-15-7-10(2)18-19(15)3/h5-8,13H,4,9,17H2,1-3H3. The van der Waals surface area contributed by atoms with Gasteiger partial charge in [0.15, 0.2) is 0 Å². The quantitative estimate of drug-likeness (QED) is 0.885. The normalized spacial score (nSPS) is 12.7. The summed E-state index contributed by atoms with van der Waals surface area (Å²) in [6, 6.07) is 8.70. The molecule has 0 amide bonds. The molecule has 5 heteroatoms. The Morgan fingerprint density at radius 1 is 1.40 bits per heavy atom. The Labute approximate surface area is 133 Å². The first-order chi connectivity index (χ1) is 9.49. The molecule has 0 saturated heterocycles. The number of hydrogen-bond donors (Lipinski definition) is 1. The van der Waals surface area contributed by atoms with E-state index in [0.29, 0.717) is 0 Å². The Morgan fingerprint density at radius 2 is 2.15 bits per heavy atom. The molecule has 0 aliphatic heterocycles. The molecule has 1 unspecified atom stereocenters. The van der Waals surface area contributed by atoms with E-state index in [9.17, 15) is 0 Å². The maximum Gasteiger partial charge on any atom is 0.0987 e. The summed E-state index contributed by atoms with van der Waals surface area (Å²) in [5, 5.41) is 5.54. The van der Waals surface area contributed by atoms with Crippen molar-refractivity contribution in [2.24, 2.45) is 12.8 Å². The lowest BCUT2D eigenvalue weighted by molar-refractivity contribution is 0.640. The van der Waals surface area contributed by atoms with Crippen molar-refractivity contribution >= 4 is 27.7 Å². The molecule has 0 spiro atoms. The van der Waals surface area contributed by atoms with E-state index < -0.39 is 0 Å². The van der Waals surface area contributed by atoms with Crippen LogP contribution >= 0.6 is 27.7 Å². The summed E-state index contributed by atoms with van der Waals surface area (Å²) in [7, 11) is 1.98. The largest absolute Gasteiger partial charge is 0.327 e. The molecule has 3 nitrogen and oxygen atoms in total. The predicted molar refractivity (Wildman–Crippen MR) is 88.2 cm³/mol. The topological polar surface area (TPSA) is 43.8 Å². The first-order valence-electron chi connectivity index (χ1n) is 6.72. The van der Waals surface area contributed by atoms with Gasteiger partial charge in [0.2, 0.25) is 0 Å². The van der Waals surface area contributed by atoms with Crippen molar-refractivity contribution in [2.45, 2.75) is 42.7 Å². The lowest BCUT2D eigenvalue weighted by Gasteiger charge is -2.13. The lowest BCUT2D eigenvalue weighted by Crippen LogP contribution is -2.21. The van der Waals surface area contributed by atoms with Crippen LogP contribution in [0.4, 0.5) is 0 Å². The Morgan fingerprint density at radius 3 is 2.75 bits per heavy atom. The fraction of sp³-hybridized carbons (Fsp3) is 0.400. The van der Waals surface area contributed by atoms with E-state index >= 15 is 0 Å². The van der Waals surface area contributed by atoms with Gasteiger partial charge >= 0.3 is 0 Å². The molecule has 1 aromatic heterocycles. The van der Waals surface area contributed by atoms with Crippen molar-refractivity contribution < 1.29 is 0 Å². The molecule has 1 heterocycles. The van der Waals surface area contributed by atoms with Gasteiger partial charge in [0.05, 0.1) is 10.7 Å². The van der Waals surface area contributed by atoms with Crippen molar-refractivity contribution in [2.75, 3.05) is 0 Å². The number of rotatable bonds is 5. The first kappa shape index (κ1) is 15.6. The number of nitrogens with zero attached hydrogens (tertiary/aromatic N) is 2. The number of benzene rings is 1. The zero-order valence-corrected chi connectivity index (χ0v) is 14.5. The molecule has 2 aromatic rings. The maximum absolute atomic E-state index is 6.11. The number of hydrogen-bond acceptors (Lipinski definition) is 3. The summed E-state index contributed by atoms with van der Waals surface area (Å²) in [5.41, 5.74) is 8.44. The highest BCUT2D eigenvalue weighted by Crippen LogP contribution is 2.33. The van der Waals surface area contributed by atoms with Gasteiger partial charge in [0.1, 0.15) is 0 Å². The molecule has 1 aromatic carbocycles. The van der Waals surface area contributed by atoms with E-state index in [0.717, 1.165) is 28.0 Å². The van der Waals surface area contributed by atoms with Crippen LogP contribution in [0.5, 0.6) is 0 Å². The summed E-state index contributed by atoms with van der Waals surface area (Å²) < 4.78 is 3.02. The Balaban J connectivity index is 2.28. The van der Waals surface area contributed by atoms with Crippen molar-refractivity contribution in [3.05, 3.63) is 40.0 Å². The van der Waals surface area contributed by atoms with Crippen molar-refractivity contribution in [1.82, 2.24) is 9.78 Å². The molecular weight excluding hydrogens is 334 g/mol. The smallest absolute Gasteiger partial charge is 0.0987 e. The number of aryl methyl sites for hydroxylation is 2. The van der Waals surface area contributed by atoms with Gasteiger partial charge in [-0.2, -0.15) is 5.10 Å². The van der Waals surface area contributed by atoms with Gasteiger partial charge < -0.3 is 5.73 Å². The molecule has 2 N–H and O–H groups in total. The van der Waals surface area contributed by atoms with E-state index in [-0.39, 0.29) is 6.04 Å². The minimum Gasteiger partial charge on any atom is -0.327 e. The fourth-order valence-electron chi connectivity index (χ4n) is 2.03. The fourth-order valence-corrected chi connectivity index (χ4v) is 3.47. The molecule has 0 saturated carbocycles. The van der Waals surface area contributed by atoms with Crippen molar-refractivity contribution in [1.29, 1.82) is 0 Å². The average molecular weight is 354 g/mol. The molecule has 20 heavy (non-hydrogen) atoms. The van der Waals surface area contributed by atoms with Gasteiger partial charge in [-0.05, 0) is 49.6 Å². The van der Waals surface area contributed by atoms with Crippen LogP contribution in [0.2, 0.25) is 0 Å². The lowest BCUT2D eigenvalue weighted by atomic mass is 10.1. The van der Waals surface area contributed by atoms with E-state index in [2.05, 4.69) is 52.2 Å². The Kier molecular flexibility index (Phi) is 5.29.